The minimum Gasteiger partial charge on any atom is -0.462 e. The van der Waals surface area contributed by atoms with Crippen molar-refractivity contribution in [2.45, 2.75) is 367 Å². The number of carbonyl (C=O) groups excluding carboxylic acids is 3. The van der Waals surface area contributed by atoms with Gasteiger partial charge in [0, 0.05) is 19.3 Å². The first-order valence-corrected chi connectivity index (χ1v) is 31.7. The van der Waals surface area contributed by atoms with E-state index in [1.54, 1.807) is 0 Å². The van der Waals surface area contributed by atoms with Gasteiger partial charge in [-0.1, -0.05) is 315 Å². The maximum atomic E-state index is 12.9. The quantitative estimate of drug-likeness (QED) is 0.0261. The number of rotatable bonds is 59. The Morgan fingerprint density at radius 2 is 0.500 bits per heavy atom. The first-order valence-electron chi connectivity index (χ1n) is 31.7. The van der Waals surface area contributed by atoms with Crippen molar-refractivity contribution in [1.82, 2.24) is 0 Å². The largest absolute Gasteiger partial charge is 0.462 e. The van der Waals surface area contributed by atoms with E-state index in [1.807, 2.05) is 0 Å². The summed E-state index contributed by atoms with van der Waals surface area (Å²) in [7, 11) is 0. The summed E-state index contributed by atoms with van der Waals surface area (Å²) in [5.41, 5.74) is 0. The fraction of sp³-hybridized carbons (Fsp3) is 0.922. The van der Waals surface area contributed by atoms with Crippen LogP contribution in [0.4, 0.5) is 0 Å². The maximum absolute atomic E-state index is 12.9. The lowest BCUT2D eigenvalue weighted by molar-refractivity contribution is -0.167. The molecular weight excluding hydrogens is 865 g/mol. The molecule has 0 rings (SSSR count). The minimum atomic E-state index is -0.768. The summed E-state index contributed by atoms with van der Waals surface area (Å²) in [6.07, 6.45) is 69.5. The van der Waals surface area contributed by atoms with Crippen molar-refractivity contribution in [3.05, 3.63) is 12.2 Å². The average molecular weight is 988 g/mol. The second-order valence-electron chi connectivity index (χ2n) is 21.7. The lowest BCUT2D eigenvalue weighted by Crippen LogP contribution is -2.30. The molecule has 0 aromatic heterocycles. The third-order valence-corrected chi connectivity index (χ3v) is 14.5. The molecule has 0 amide bonds. The van der Waals surface area contributed by atoms with Gasteiger partial charge < -0.3 is 14.2 Å². The Morgan fingerprint density at radius 1 is 0.271 bits per heavy atom. The van der Waals surface area contributed by atoms with Gasteiger partial charge in [-0.25, -0.2) is 0 Å². The third kappa shape index (κ3) is 57.1. The Hall–Kier alpha value is -1.85. The number of esters is 3. The van der Waals surface area contributed by atoms with Gasteiger partial charge in [0.05, 0.1) is 0 Å². The molecule has 0 aliphatic carbocycles. The molecule has 0 saturated carbocycles. The van der Waals surface area contributed by atoms with E-state index >= 15 is 0 Å². The van der Waals surface area contributed by atoms with Crippen molar-refractivity contribution in [2.24, 2.45) is 0 Å². The minimum absolute atomic E-state index is 0.0664. The van der Waals surface area contributed by atoms with Gasteiger partial charge in [0.1, 0.15) is 13.2 Å². The van der Waals surface area contributed by atoms with Crippen LogP contribution in [0.15, 0.2) is 12.2 Å². The summed E-state index contributed by atoms with van der Waals surface area (Å²) in [6.45, 7) is 6.64. The summed E-state index contributed by atoms with van der Waals surface area (Å²) in [5.74, 6) is -0.850. The van der Waals surface area contributed by atoms with Crippen molar-refractivity contribution >= 4 is 17.9 Å². The number of carbonyl (C=O) groups is 3. The normalized spacial score (nSPS) is 12.0. The van der Waals surface area contributed by atoms with Gasteiger partial charge in [-0.3, -0.25) is 14.4 Å². The zero-order chi connectivity index (χ0) is 50.7. The molecule has 0 radical (unpaired) electrons. The molecule has 0 aliphatic heterocycles. The number of hydrogen-bond donors (Lipinski definition) is 0. The van der Waals surface area contributed by atoms with Crippen LogP contribution in [0.1, 0.15) is 361 Å². The summed E-state index contributed by atoms with van der Waals surface area (Å²) >= 11 is 0. The Morgan fingerprint density at radius 3 is 0.771 bits per heavy atom. The van der Waals surface area contributed by atoms with E-state index in [4.69, 9.17) is 14.2 Å². The van der Waals surface area contributed by atoms with Gasteiger partial charge in [0.15, 0.2) is 6.10 Å². The van der Waals surface area contributed by atoms with Gasteiger partial charge in [-0.05, 0) is 38.5 Å². The molecule has 0 aromatic carbocycles. The van der Waals surface area contributed by atoms with E-state index < -0.39 is 6.10 Å². The molecule has 0 bridgehead atoms. The number of unbranched alkanes of at least 4 members (excludes halogenated alkanes) is 46. The van der Waals surface area contributed by atoms with E-state index in [9.17, 15) is 14.4 Å². The maximum Gasteiger partial charge on any atom is 0.306 e. The molecule has 414 valence electrons. The predicted octanol–water partition coefficient (Wildman–Crippen LogP) is 21.3. The van der Waals surface area contributed by atoms with Crippen LogP contribution in [0.2, 0.25) is 0 Å². The molecule has 1 atom stereocenters. The Kier molecular flexibility index (Phi) is 58.1. The summed E-state index contributed by atoms with van der Waals surface area (Å²) < 4.78 is 16.9. The van der Waals surface area contributed by atoms with E-state index in [2.05, 4.69) is 32.9 Å². The van der Waals surface area contributed by atoms with Crippen molar-refractivity contribution < 1.29 is 28.6 Å². The first kappa shape index (κ1) is 68.2. The van der Waals surface area contributed by atoms with Gasteiger partial charge in [-0.2, -0.15) is 0 Å². The molecule has 0 fully saturated rings. The van der Waals surface area contributed by atoms with E-state index in [1.165, 1.54) is 250 Å². The van der Waals surface area contributed by atoms with Crippen LogP contribution in [0, 0.1) is 0 Å². The zero-order valence-electron chi connectivity index (χ0n) is 47.6. The highest BCUT2D eigenvalue weighted by molar-refractivity contribution is 5.71. The van der Waals surface area contributed by atoms with Crippen LogP contribution in [0.3, 0.4) is 0 Å². The second-order valence-corrected chi connectivity index (χ2v) is 21.7. The van der Waals surface area contributed by atoms with Crippen molar-refractivity contribution in [2.75, 3.05) is 13.2 Å². The molecule has 0 spiro atoms. The average Bonchev–Trinajstić information content (AvgIpc) is 3.36. The highest BCUT2D eigenvalue weighted by Crippen LogP contribution is 2.18. The number of hydrogen-bond acceptors (Lipinski definition) is 6. The molecule has 6 heteroatoms. The fourth-order valence-corrected chi connectivity index (χ4v) is 9.74. The standard InChI is InChI=1S/C64H122O6/c1-4-7-10-13-16-19-22-24-26-28-29-30-31-32-33-34-35-37-38-40-42-45-48-51-54-57-63(66)69-60-61(59-68-62(65)56-53-50-47-44-21-18-15-12-9-6-3)70-64(67)58-55-52-49-46-43-41-39-36-27-25-23-20-17-14-11-8-5-2/h12,15,61H,4-11,13-14,16-60H2,1-3H3/b15-12-. The molecule has 0 aliphatic rings. The predicted molar refractivity (Wildman–Crippen MR) is 303 cm³/mol. The second kappa shape index (κ2) is 59.7. The molecule has 0 aromatic rings. The van der Waals surface area contributed by atoms with Gasteiger partial charge in [0.2, 0.25) is 0 Å². The monoisotopic (exact) mass is 987 g/mol. The summed E-state index contributed by atoms with van der Waals surface area (Å²) in [5, 5.41) is 0. The van der Waals surface area contributed by atoms with Crippen molar-refractivity contribution in [3.8, 4) is 0 Å². The lowest BCUT2D eigenvalue weighted by atomic mass is 10.0. The Bertz CT molecular complexity index is 1090. The smallest absolute Gasteiger partial charge is 0.306 e. The van der Waals surface area contributed by atoms with E-state index in [-0.39, 0.29) is 31.1 Å². The SMILES string of the molecule is CCC/C=C\CCCCCCCC(=O)OCC(COC(=O)CCCCCCCCCCCCCCCCCCCCCCCCCCC)OC(=O)CCCCCCCCCCCCCCCCCCC. The van der Waals surface area contributed by atoms with Crippen LogP contribution in [0.25, 0.3) is 0 Å². The number of allylic oxidation sites excluding steroid dienone is 2. The molecule has 0 saturated heterocycles. The van der Waals surface area contributed by atoms with Gasteiger partial charge in [-0.15, -0.1) is 0 Å². The van der Waals surface area contributed by atoms with Gasteiger partial charge in [0.25, 0.3) is 0 Å². The molecule has 0 heterocycles. The summed E-state index contributed by atoms with van der Waals surface area (Å²) in [6, 6.07) is 0. The molecule has 1 unspecified atom stereocenters. The lowest BCUT2D eigenvalue weighted by Gasteiger charge is -2.18. The Labute approximate surface area is 437 Å². The van der Waals surface area contributed by atoms with Gasteiger partial charge >= 0.3 is 17.9 Å². The highest BCUT2D eigenvalue weighted by atomic mass is 16.6. The zero-order valence-corrected chi connectivity index (χ0v) is 47.6. The van der Waals surface area contributed by atoms with Crippen LogP contribution in [-0.2, 0) is 28.6 Å². The molecule has 0 N–H and O–H groups in total. The number of ether oxygens (including phenoxy) is 3. The van der Waals surface area contributed by atoms with E-state index in [0.29, 0.717) is 19.3 Å². The van der Waals surface area contributed by atoms with Crippen LogP contribution in [-0.4, -0.2) is 37.2 Å². The van der Waals surface area contributed by atoms with Crippen LogP contribution >= 0.6 is 0 Å². The Balaban J connectivity index is 4.14. The molecule has 6 nitrogen and oxygen atoms in total. The van der Waals surface area contributed by atoms with Crippen molar-refractivity contribution in [1.29, 1.82) is 0 Å². The van der Waals surface area contributed by atoms with Crippen LogP contribution < -0.4 is 0 Å². The topological polar surface area (TPSA) is 78.9 Å². The highest BCUT2D eigenvalue weighted by Gasteiger charge is 2.19. The van der Waals surface area contributed by atoms with E-state index in [0.717, 1.165) is 70.6 Å². The fourth-order valence-electron chi connectivity index (χ4n) is 9.74. The molecule has 70 heavy (non-hydrogen) atoms. The third-order valence-electron chi connectivity index (χ3n) is 14.5. The van der Waals surface area contributed by atoms with Crippen LogP contribution in [0.5, 0.6) is 0 Å². The first-order chi connectivity index (χ1) is 34.5. The molecular formula is C64H122O6. The van der Waals surface area contributed by atoms with Crippen molar-refractivity contribution in [3.63, 3.8) is 0 Å². The summed E-state index contributed by atoms with van der Waals surface area (Å²) in [4.78, 5) is 38.2.